The second-order valence-electron chi connectivity index (χ2n) is 6.75. The van der Waals surface area contributed by atoms with Crippen LogP contribution < -0.4 is 10.2 Å². The Bertz CT molecular complexity index is 877. The molecule has 0 aromatic heterocycles. The number of nitrogens with zero attached hydrogens (tertiary/aromatic N) is 2. The molecule has 140 valence electrons. The molecule has 3 N–H and O–H groups in total. The Labute approximate surface area is 163 Å². The highest BCUT2D eigenvalue weighted by molar-refractivity contribution is 7.80. The largest absolute Gasteiger partial charge is 0.508 e. The molecule has 0 aliphatic carbocycles. The summed E-state index contributed by atoms with van der Waals surface area (Å²) in [5, 5.41) is 24.6. The molecule has 1 atom stereocenters. The van der Waals surface area contributed by atoms with E-state index < -0.39 is 0 Å². The van der Waals surface area contributed by atoms with Gasteiger partial charge in [0.15, 0.2) is 5.11 Å². The first-order valence-corrected chi connectivity index (χ1v) is 9.41. The van der Waals surface area contributed by atoms with Gasteiger partial charge < -0.3 is 19.8 Å². The van der Waals surface area contributed by atoms with Gasteiger partial charge in [-0.05, 0) is 54.9 Å². The molecule has 1 saturated heterocycles. The van der Waals surface area contributed by atoms with Crippen molar-refractivity contribution in [3.05, 3.63) is 53.6 Å². The van der Waals surface area contributed by atoms with Gasteiger partial charge in [0, 0.05) is 31.1 Å². The summed E-state index contributed by atoms with van der Waals surface area (Å²) in [5.41, 5.74) is 5.59. The molecule has 0 bridgehead atoms. The highest BCUT2D eigenvalue weighted by Crippen LogP contribution is 2.37. The molecule has 6 nitrogen and oxygen atoms in total. The molecular weight excluding hydrogens is 362 g/mol. The molecular formula is C20H21N3O3S. The monoisotopic (exact) mass is 383 g/mol. The lowest BCUT2D eigenvalue weighted by Crippen LogP contribution is -2.36. The van der Waals surface area contributed by atoms with Gasteiger partial charge in [-0.2, -0.15) is 5.10 Å². The molecule has 2 aliphatic heterocycles. The number of phenols is 2. The van der Waals surface area contributed by atoms with Gasteiger partial charge in [-0.15, -0.1) is 0 Å². The Morgan fingerprint density at radius 1 is 1.07 bits per heavy atom. The van der Waals surface area contributed by atoms with Crippen LogP contribution in [0.4, 0.5) is 0 Å². The van der Waals surface area contributed by atoms with Crippen LogP contribution in [0.5, 0.6) is 17.2 Å². The van der Waals surface area contributed by atoms with E-state index in [1.54, 1.807) is 30.3 Å². The molecule has 1 fully saturated rings. The number of benzene rings is 2. The molecule has 0 amide bonds. The van der Waals surface area contributed by atoms with Crippen molar-refractivity contribution < 1.29 is 14.9 Å². The van der Waals surface area contributed by atoms with E-state index in [-0.39, 0.29) is 17.6 Å². The third-order valence-electron chi connectivity index (χ3n) is 4.87. The molecule has 2 aromatic rings. The number of thiocarbonyl (C=S) groups is 1. The average Bonchev–Trinajstić information content (AvgIpc) is 3.21. The lowest BCUT2D eigenvalue weighted by Gasteiger charge is -2.28. The molecule has 2 aliphatic rings. The summed E-state index contributed by atoms with van der Waals surface area (Å²) >= 11 is 5.45. The van der Waals surface area contributed by atoms with Crippen molar-refractivity contribution in [3.63, 3.8) is 0 Å². The van der Waals surface area contributed by atoms with Crippen molar-refractivity contribution in [2.24, 2.45) is 5.10 Å². The number of phenolic OH excluding ortho intramolecular Hbond substituents is 2. The maximum Gasteiger partial charge on any atom is 0.189 e. The van der Waals surface area contributed by atoms with Crippen molar-refractivity contribution >= 4 is 23.0 Å². The summed E-state index contributed by atoms with van der Waals surface area (Å²) in [4.78, 5) is 2.12. The number of hydrazone groups is 1. The van der Waals surface area contributed by atoms with E-state index in [0.717, 1.165) is 42.8 Å². The van der Waals surface area contributed by atoms with E-state index in [4.69, 9.17) is 17.0 Å². The lowest BCUT2D eigenvalue weighted by molar-refractivity contribution is 0.205. The van der Waals surface area contributed by atoms with Gasteiger partial charge >= 0.3 is 0 Å². The topological polar surface area (TPSA) is 77.3 Å². The fourth-order valence-electron chi connectivity index (χ4n) is 3.41. The normalized spacial score (nSPS) is 20.2. The first-order chi connectivity index (χ1) is 13.1. The average molecular weight is 383 g/mol. The van der Waals surface area contributed by atoms with Gasteiger partial charge in [0.05, 0.1) is 5.71 Å². The number of fused-ring (bicyclic) bond motifs is 1. The summed E-state index contributed by atoms with van der Waals surface area (Å²) in [6, 6.07) is 11.9. The van der Waals surface area contributed by atoms with E-state index >= 15 is 0 Å². The second kappa shape index (κ2) is 7.44. The number of nitrogens with one attached hydrogen (secondary N) is 1. The van der Waals surface area contributed by atoms with Crippen LogP contribution >= 0.6 is 12.2 Å². The highest BCUT2D eigenvalue weighted by Gasteiger charge is 2.27. The van der Waals surface area contributed by atoms with Crippen molar-refractivity contribution in [3.8, 4) is 17.2 Å². The van der Waals surface area contributed by atoms with Crippen LogP contribution in [0.2, 0.25) is 0 Å². The fourth-order valence-corrected chi connectivity index (χ4v) is 3.64. The van der Waals surface area contributed by atoms with Crippen LogP contribution in [0, 0.1) is 0 Å². The molecule has 2 aromatic carbocycles. The molecule has 27 heavy (non-hydrogen) atoms. The van der Waals surface area contributed by atoms with Crippen molar-refractivity contribution in [1.29, 1.82) is 0 Å². The molecule has 4 rings (SSSR count). The van der Waals surface area contributed by atoms with Crippen LogP contribution in [0.25, 0.3) is 0 Å². The summed E-state index contributed by atoms with van der Waals surface area (Å²) in [6.07, 6.45) is 2.59. The van der Waals surface area contributed by atoms with Gasteiger partial charge in [0.1, 0.15) is 23.4 Å². The van der Waals surface area contributed by atoms with Crippen LogP contribution in [-0.2, 0) is 0 Å². The third-order valence-corrected chi connectivity index (χ3v) is 5.22. The zero-order valence-corrected chi connectivity index (χ0v) is 15.6. The summed E-state index contributed by atoms with van der Waals surface area (Å²) in [6.45, 7) is 1.92. The summed E-state index contributed by atoms with van der Waals surface area (Å²) in [5.74, 6) is 0.922. The first-order valence-electron chi connectivity index (χ1n) is 9.00. The Morgan fingerprint density at radius 3 is 2.52 bits per heavy atom. The molecule has 1 unspecified atom stereocenters. The Hall–Kier alpha value is -2.80. The maximum atomic E-state index is 9.83. The SMILES string of the molecule is Oc1ccc(C2C/C(=N\NC(=S)N3CCCC3)c3ccc(O)cc3O2)cc1. The number of rotatable bonds is 2. The van der Waals surface area contributed by atoms with Gasteiger partial charge in [0.25, 0.3) is 0 Å². The number of hydrogen-bond acceptors (Lipinski definition) is 5. The quantitative estimate of drug-likeness (QED) is 0.546. The van der Waals surface area contributed by atoms with Crippen molar-refractivity contribution in [2.45, 2.75) is 25.4 Å². The van der Waals surface area contributed by atoms with Gasteiger partial charge in [0.2, 0.25) is 0 Å². The molecule has 7 heteroatoms. The van der Waals surface area contributed by atoms with Crippen LogP contribution in [0.3, 0.4) is 0 Å². The molecule has 0 radical (unpaired) electrons. The number of likely N-dealkylation sites (tertiary alicyclic amines) is 1. The maximum absolute atomic E-state index is 9.83. The molecule has 0 saturated carbocycles. The minimum atomic E-state index is -0.263. The van der Waals surface area contributed by atoms with Gasteiger partial charge in [-0.1, -0.05) is 12.1 Å². The van der Waals surface area contributed by atoms with Gasteiger partial charge in [-0.25, -0.2) is 0 Å². The van der Waals surface area contributed by atoms with E-state index in [0.29, 0.717) is 17.3 Å². The number of hydrogen-bond donors (Lipinski definition) is 3. The highest BCUT2D eigenvalue weighted by atomic mass is 32.1. The van der Waals surface area contributed by atoms with Crippen LogP contribution in [0.15, 0.2) is 47.6 Å². The summed E-state index contributed by atoms with van der Waals surface area (Å²) < 4.78 is 6.08. The third kappa shape index (κ3) is 3.83. The molecule has 2 heterocycles. The predicted octanol–water partition coefficient (Wildman–Crippen LogP) is 3.30. The van der Waals surface area contributed by atoms with E-state index in [2.05, 4.69) is 15.4 Å². The van der Waals surface area contributed by atoms with E-state index in [9.17, 15) is 10.2 Å². The zero-order valence-electron chi connectivity index (χ0n) is 14.8. The Kier molecular flexibility index (Phi) is 4.85. The van der Waals surface area contributed by atoms with E-state index in [1.807, 2.05) is 12.1 Å². The van der Waals surface area contributed by atoms with Crippen molar-refractivity contribution in [1.82, 2.24) is 10.3 Å². The Balaban J connectivity index is 1.61. The minimum absolute atomic E-state index is 0.139. The lowest BCUT2D eigenvalue weighted by atomic mass is 9.95. The smallest absolute Gasteiger partial charge is 0.189 e. The zero-order chi connectivity index (χ0) is 18.8. The Morgan fingerprint density at radius 2 is 1.78 bits per heavy atom. The van der Waals surface area contributed by atoms with Gasteiger partial charge in [-0.3, -0.25) is 5.43 Å². The first kappa shape index (κ1) is 17.6. The van der Waals surface area contributed by atoms with E-state index in [1.165, 1.54) is 0 Å². The number of aromatic hydroxyl groups is 2. The fraction of sp³-hybridized carbons (Fsp3) is 0.300. The van der Waals surface area contributed by atoms with Crippen molar-refractivity contribution in [2.75, 3.05) is 13.1 Å². The summed E-state index contributed by atoms with van der Waals surface area (Å²) in [7, 11) is 0. The van der Waals surface area contributed by atoms with Crippen LogP contribution in [-0.4, -0.2) is 39.0 Å². The second-order valence-corrected chi connectivity index (χ2v) is 7.14. The number of ether oxygens (including phenoxy) is 1. The predicted molar refractivity (Wildman–Crippen MR) is 107 cm³/mol. The minimum Gasteiger partial charge on any atom is -0.508 e. The molecule has 0 spiro atoms. The standard InChI is InChI=1S/C20H21N3O3S/c24-14-5-3-13(4-6-14)18-12-17(16-8-7-15(25)11-19(16)26-18)21-22-20(27)23-9-1-2-10-23/h3-8,11,18,24-25H,1-2,9-10,12H2,(H,22,27)/b21-17+. The van der Waals surface area contributed by atoms with Crippen LogP contribution in [0.1, 0.15) is 36.5 Å².